The average Bonchev–Trinajstić information content (AvgIpc) is 3.24. The van der Waals surface area contributed by atoms with Crippen molar-refractivity contribution >= 4 is 17.6 Å². The topological polar surface area (TPSA) is 103 Å². The molecule has 0 bridgehead atoms. The maximum atomic E-state index is 12.8. The summed E-state index contributed by atoms with van der Waals surface area (Å²) >= 11 is 0. The molecular weight excluding hydrogens is 372 g/mol. The molecule has 4 rings (SSSR count). The van der Waals surface area contributed by atoms with Crippen molar-refractivity contribution < 1.29 is 14.3 Å². The van der Waals surface area contributed by atoms with E-state index in [2.05, 4.69) is 25.2 Å². The second-order valence-electron chi connectivity index (χ2n) is 7.43. The van der Waals surface area contributed by atoms with E-state index in [4.69, 9.17) is 4.74 Å². The lowest BCUT2D eigenvalue weighted by Crippen LogP contribution is -2.59. The fourth-order valence-corrected chi connectivity index (χ4v) is 4.60. The highest BCUT2D eigenvalue weighted by atomic mass is 16.5. The molecule has 2 aromatic heterocycles. The second kappa shape index (κ2) is 7.82. The molecule has 154 valence electrons. The first-order valence-corrected chi connectivity index (χ1v) is 9.85. The van der Waals surface area contributed by atoms with Crippen LogP contribution in [0, 0.1) is 0 Å². The lowest BCUT2D eigenvalue weighted by molar-refractivity contribution is -0.144. The van der Waals surface area contributed by atoms with Crippen LogP contribution in [-0.4, -0.2) is 72.1 Å². The summed E-state index contributed by atoms with van der Waals surface area (Å²) in [7, 11) is 3.16. The predicted molar refractivity (Wildman–Crippen MR) is 107 cm³/mol. The molecular formula is C20H26N6O3. The quantitative estimate of drug-likeness (QED) is 0.786. The van der Waals surface area contributed by atoms with Crippen LogP contribution >= 0.6 is 0 Å². The van der Waals surface area contributed by atoms with Crippen LogP contribution in [0.1, 0.15) is 34.6 Å². The number of H-pyrrole nitrogens is 1. The minimum absolute atomic E-state index is 0.0153. The van der Waals surface area contributed by atoms with Crippen LogP contribution in [0.2, 0.25) is 0 Å². The third kappa shape index (κ3) is 3.25. The molecule has 29 heavy (non-hydrogen) atoms. The number of nitrogens with zero attached hydrogens (tertiary/aromatic N) is 4. The third-order valence-electron chi connectivity index (χ3n) is 5.98. The van der Waals surface area contributed by atoms with Crippen LogP contribution in [-0.2, 0) is 21.5 Å². The van der Waals surface area contributed by atoms with Gasteiger partial charge in [-0.05, 0) is 25.0 Å². The van der Waals surface area contributed by atoms with Crippen LogP contribution in [0.5, 0.6) is 0 Å². The summed E-state index contributed by atoms with van der Waals surface area (Å²) in [5, 5.41) is 2.68. The van der Waals surface area contributed by atoms with E-state index in [0.717, 1.165) is 17.8 Å². The van der Waals surface area contributed by atoms with Gasteiger partial charge in [-0.3, -0.25) is 9.59 Å². The van der Waals surface area contributed by atoms with Gasteiger partial charge in [-0.1, -0.05) is 0 Å². The van der Waals surface area contributed by atoms with Crippen LogP contribution < -0.4 is 10.2 Å². The molecule has 0 aliphatic carbocycles. The first kappa shape index (κ1) is 19.4. The molecule has 2 N–H and O–H groups in total. The molecule has 0 atom stereocenters. The van der Waals surface area contributed by atoms with Gasteiger partial charge in [-0.15, -0.1) is 0 Å². The minimum Gasteiger partial charge on any atom is -0.375 e. The number of carbonyl (C=O) groups is 2. The Labute approximate surface area is 169 Å². The number of imidazole rings is 1. The summed E-state index contributed by atoms with van der Waals surface area (Å²) in [6.45, 7) is 2.05. The maximum Gasteiger partial charge on any atom is 0.254 e. The Hall–Kier alpha value is -2.94. The number of methoxy groups -OCH3 is 1. The summed E-state index contributed by atoms with van der Waals surface area (Å²) in [4.78, 5) is 41.4. The van der Waals surface area contributed by atoms with E-state index >= 15 is 0 Å². The number of aromatic nitrogens is 3. The van der Waals surface area contributed by atoms with Gasteiger partial charge in [0.05, 0.1) is 23.1 Å². The Kier molecular flexibility index (Phi) is 5.23. The predicted octanol–water partition coefficient (Wildman–Crippen LogP) is 0.691. The first-order valence-electron chi connectivity index (χ1n) is 9.85. The van der Waals surface area contributed by atoms with Crippen molar-refractivity contribution in [2.24, 2.45) is 0 Å². The first-order chi connectivity index (χ1) is 14.1. The number of ether oxygens (including phenoxy) is 1. The monoisotopic (exact) mass is 398 g/mol. The smallest absolute Gasteiger partial charge is 0.254 e. The average molecular weight is 398 g/mol. The summed E-state index contributed by atoms with van der Waals surface area (Å²) < 4.78 is 5.12. The molecule has 0 aromatic carbocycles. The minimum atomic E-state index is -0.457. The van der Waals surface area contributed by atoms with E-state index < -0.39 is 5.54 Å². The van der Waals surface area contributed by atoms with E-state index in [9.17, 15) is 9.59 Å². The summed E-state index contributed by atoms with van der Waals surface area (Å²) in [5.74, 6) is 0.505. The maximum absolute atomic E-state index is 12.8. The lowest BCUT2D eigenvalue weighted by Gasteiger charge is -2.50. The normalized spacial score (nSPS) is 17.9. The lowest BCUT2D eigenvalue weighted by atomic mass is 9.78. The van der Waals surface area contributed by atoms with Crippen LogP contribution in [0.4, 0.5) is 5.82 Å². The molecule has 2 aliphatic heterocycles. The SMILES string of the molecule is CNC(=O)c1cccnc1N1CCC2(CC1)c1nc[nH]c1CCN2C(=O)COC. The summed E-state index contributed by atoms with van der Waals surface area (Å²) in [6, 6.07) is 3.55. The molecule has 0 radical (unpaired) electrons. The second-order valence-corrected chi connectivity index (χ2v) is 7.43. The molecule has 9 heteroatoms. The highest BCUT2D eigenvalue weighted by molar-refractivity contribution is 5.98. The fraction of sp³-hybridized carbons (Fsp3) is 0.500. The zero-order valence-electron chi connectivity index (χ0n) is 16.8. The van der Waals surface area contributed by atoms with Gasteiger partial charge in [0.25, 0.3) is 5.91 Å². The Balaban J connectivity index is 1.63. The Bertz CT molecular complexity index is 903. The number of piperidine rings is 1. The van der Waals surface area contributed by atoms with Gasteiger partial charge in [0.15, 0.2) is 0 Å². The third-order valence-corrected chi connectivity index (χ3v) is 5.98. The summed E-state index contributed by atoms with van der Waals surface area (Å²) in [6.07, 6.45) is 5.60. The van der Waals surface area contributed by atoms with Crippen molar-refractivity contribution in [1.82, 2.24) is 25.2 Å². The van der Waals surface area contributed by atoms with Gasteiger partial charge in [0.2, 0.25) is 5.91 Å². The number of fused-ring (bicyclic) bond motifs is 2. The molecule has 2 amide bonds. The number of pyridine rings is 1. The molecule has 2 aliphatic rings. The van der Waals surface area contributed by atoms with Gasteiger partial charge in [0, 0.05) is 52.1 Å². The van der Waals surface area contributed by atoms with Crippen LogP contribution in [0.15, 0.2) is 24.7 Å². The van der Waals surface area contributed by atoms with Crippen molar-refractivity contribution in [3.63, 3.8) is 0 Å². The number of amides is 2. The molecule has 1 saturated heterocycles. The van der Waals surface area contributed by atoms with Crippen molar-refractivity contribution in [2.45, 2.75) is 24.8 Å². The fourth-order valence-electron chi connectivity index (χ4n) is 4.60. The highest BCUT2D eigenvalue weighted by Crippen LogP contribution is 2.43. The number of aromatic amines is 1. The Morgan fingerprint density at radius 2 is 2.07 bits per heavy atom. The van der Waals surface area contributed by atoms with Gasteiger partial charge in [-0.25, -0.2) is 9.97 Å². The molecule has 9 nitrogen and oxygen atoms in total. The number of nitrogens with one attached hydrogen (secondary N) is 2. The van der Waals surface area contributed by atoms with E-state index in [-0.39, 0.29) is 18.4 Å². The van der Waals surface area contributed by atoms with Gasteiger partial charge >= 0.3 is 0 Å². The van der Waals surface area contributed by atoms with Crippen molar-refractivity contribution in [3.05, 3.63) is 41.6 Å². The van der Waals surface area contributed by atoms with Crippen LogP contribution in [0.25, 0.3) is 0 Å². The molecule has 0 saturated carbocycles. The summed E-state index contributed by atoms with van der Waals surface area (Å²) in [5.41, 5.74) is 2.16. The molecule has 1 fully saturated rings. The van der Waals surface area contributed by atoms with Gasteiger partial charge < -0.3 is 24.8 Å². The van der Waals surface area contributed by atoms with Crippen LogP contribution in [0.3, 0.4) is 0 Å². The van der Waals surface area contributed by atoms with E-state index in [0.29, 0.717) is 43.9 Å². The van der Waals surface area contributed by atoms with Crippen molar-refractivity contribution in [1.29, 1.82) is 0 Å². The number of hydrogen-bond donors (Lipinski definition) is 2. The van der Waals surface area contributed by atoms with Crippen molar-refractivity contribution in [2.75, 3.05) is 45.3 Å². The number of hydrogen-bond acceptors (Lipinski definition) is 6. The van der Waals surface area contributed by atoms with E-state index in [1.807, 2.05) is 4.90 Å². The number of carbonyl (C=O) groups excluding carboxylic acids is 2. The Morgan fingerprint density at radius 1 is 1.28 bits per heavy atom. The van der Waals surface area contributed by atoms with E-state index in [1.165, 1.54) is 0 Å². The van der Waals surface area contributed by atoms with Gasteiger partial charge in [0.1, 0.15) is 12.4 Å². The van der Waals surface area contributed by atoms with Crippen molar-refractivity contribution in [3.8, 4) is 0 Å². The molecule has 1 spiro atoms. The number of anilines is 1. The zero-order valence-corrected chi connectivity index (χ0v) is 16.8. The Morgan fingerprint density at radius 3 is 2.79 bits per heavy atom. The molecule has 2 aromatic rings. The molecule has 0 unspecified atom stereocenters. The largest absolute Gasteiger partial charge is 0.375 e. The van der Waals surface area contributed by atoms with E-state index in [1.54, 1.807) is 38.8 Å². The van der Waals surface area contributed by atoms with Gasteiger partial charge in [-0.2, -0.15) is 0 Å². The standard InChI is InChI=1S/C20H26N6O3/c1-21-19(28)14-4-3-8-22-18(14)25-10-6-20(7-11-25)17-15(23-13-24-17)5-9-26(20)16(27)12-29-2/h3-4,8,13H,5-7,9-12H2,1-2H3,(H,21,28)(H,23,24). The number of rotatable bonds is 4. The zero-order chi connectivity index (χ0) is 20.4. The molecule has 4 heterocycles. The highest BCUT2D eigenvalue weighted by Gasteiger charge is 2.48.